The van der Waals surface area contributed by atoms with Gasteiger partial charge in [0.05, 0.1) is 10.7 Å². The molecule has 2 N–H and O–H groups in total. The van der Waals surface area contributed by atoms with E-state index in [1.165, 1.54) is 34.8 Å². The van der Waals surface area contributed by atoms with E-state index in [9.17, 15) is 13.6 Å². The Labute approximate surface area is 155 Å². The van der Waals surface area contributed by atoms with Crippen LogP contribution in [0.5, 0.6) is 5.88 Å². The summed E-state index contributed by atoms with van der Waals surface area (Å²) in [5.41, 5.74) is 1.21. The van der Waals surface area contributed by atoms with Crippen molar-refractivity contribution in [3.8, 4) is 5.88 Å². The van der Waals surface area contributed by atoms with Crippen molar-refractivity contribution in [1.29, 1.82) is 0 Å². The Kier molecular flexibility index (Phi) is 5.43. The molecule has 0 aliphatic heterocycles. The van der Waals surface area contributed by atoms with Crippen molar-refractivity contribution in [3.05, 3.63) is 51.5 Å². The van der Waals surface area contributed by atoms with Crippen LogP contribution in [0.25, 0.3) is 0 Å². The fourth-order valence-corrected chi connectivity index (χ4v) is 3.51. The number of benzene rings is 1. The SMILES string of the molecule is Cc1csc(NC(=O)Oc2nc(C)sc2NCc2cc(F)cc(F)c2)n1. The Morgan fingerprint density at radius 3 is 2.58 bits per heavy atom. The molecule has 2 aromatic heterocycles. The molecule has 0 saturated heterocycles. The highest BCUT2D eigenvalue weighted by atomic mass is 32.1. The lowest BCUT2D eigenvalue weighted by atomic mass is 10.2. The van der Waals surface area contributed by atoms with Crippen LogP contribution in [0.3, 0.4) is 0 Å². The summed E-state index contributed by atoms with van der Waals surface area (Å²) < 4.78 is 31.7. The summed E-state index contributed by atoms with van der Waals surface area (Å²) in [5, 5.41) is 8.88. The number of nitrogens with one attached hydrogen (secondary N) is 2. The summed E-state index contributed by atoms with van der Waals surface area (Å²) in [6, 6.07) is 3.25. The molecule has 0 spiro atoms. The third-order valence-corrected chi connectivity index (χ3v) is 4.88. The molecule has 0 bridgehead atoms. The highest BCUT2D eigenvalue weighted by Crippen LogP contribution is 2.31. The number of amides is 1. The zero-order valence-corrected chi connectivity index (χ0v) is 15.4. The van der Waals surface area contributed by atoms with Gasteiger partial charge in [-0.25, -0.2) is 23.5 Å². The van der Waals surface area contributed by atoms with Gasteiger partial charge in [0.15, 0.2) is 10.1 Å². The van der Waals surface area contributed by atoms with Crippen LogP contribution >= 0.6 is 22.7 Å². The lowest BCUT2D eigenvalue weighted by Crippen LogP contribution is -2.17. The summed E-state index contributed by atoms with van der Waals surface area (Å²) in [6.07, 6.45) is -0.718. The molecule has 1 aromatic carbocycles. The van der Waals surface area contributed by atoms with Gasteiger partial charge >= 0.3 is 6.09 Å². The summed E-state index contributed by atoms with van der Waals surface area (Å²) in [5.74, 6) is -1.22. The normalized spacial score (nSPS) is 10.6. The maximum atomic E-state index is 13.3. The number of carbonyl (C=O) groups is 1. The van der Waals surface area contributed by atoms with E-state index in [1.807, 2.05) is 6.92 Å². The molecule has 26 heavy (non-hydrogen) atoms. The number of hydrogen-bond donors (Lipinski definition) is 2. The Morgan fingerprint density at radius 2 is 1.92 bits per heavy atom. The van der Waals surface area contributed by atoms with Gasteiger partial charge < -0.3 is 10.1 Å². The molecule has 0 fully saturated rings. The molecule has 0 aliphatic rings. The summed E-state index contributed by atoms with van der Waals surface area (Å²) in [7, 11) is 0. The minimum absolute atomic E-state index is 0.0927. The van der Waals surface area contributed by atoms with Gasteiger partial charge in [-0.1, -0.05) is 11.3 Å². The number of thiazole rings is 2. The molecule has 10 heteroatoms. The fraction of sp³-hybridized carbons (Fsp3) is 0.188. The maximum absolute atomic E-state index is 13.3. The number of carbonyl (C=O) groups excluding carboxylic acids is 1. The Bertz CT molecular complexity index is 922. The fourth-order valence-electron chi connectivity index (χ4n) is 2.10. The molecule has 0 aliphatic carbocycles. The standard InChI is InChI=1S/C16H14F2N4O2S2/c1-8-7-25-15(20-8)22-16(23)24-13-14(26-9(2)21-13)19-6-10-3-11(17)5-12(18)4-10/h3-5,7,19H,6H2,1-2H3,(H,20,22,23). The van der Waals surface area contributed by atoms with Crippen molar-refractivity contribution in [2.24, 2.45) is 0 Å². The first-order valence-corrected chi connectivity index (χ1v) is 9.16. The summed E-state index contributed by atoms with van der Waals surface area (Å²) in [4.78, 5) is 20.3. The third-order valence-electron chi connectivity index (χ3n) is 3.10. The van der Waals surface area contributed by atoms with E-state index in [1.54, 1.807) is 12.3 Å². The molecule has 0 saturated carbocycles. The number of aromatic nitrogens is 2. The first-order chi connectivity index (χ1) is 12.4. The second-order valence-electron chi connectivity index (χ2n) is 5.31. The molecule has 2 heterocycles. The number of hydrogen-bond acceptors (Lipinski definition) is 7. The minimum atomic E-state index is -0.718. The number of anilines is 2. The zero-order valence-electron chi connectivity index (χ0n) is 13.8. The van der Waals surface area contributed by atoms with Crippen LogP contribution in [-0.4, -0.2) is 16.1 Å². The van der Waals surface area contributed by atoms with Crippen LogP contribution in [0.4, 0.5) is 23.7 Å². The van der Waals surface area contributed by atoms with Crippen LogP contribution in [0.15, 0.2) is 23.6 Å². The lowest BCUT2D eigenvalue weighted by molar-refractivity contribution is 0.214. The van der Waals surface area contributed by atoms with E-state index >= 15 is 0 Å². The van der Waals surface area contributed by atoms with E-state index in [0.29, 0.717) is 20.7 Å². The predicted octanol–water partition coefficient (Wildman–Crippen LogP) is 4.72. The average molecular weight is 396 g/mol. The zero-order chi connectivity index (χ0) is 18.7. The third kappa shape index (κ3) is 4.73. The van der Waals surface area contributed by atoms with Gasteiger partial charge in [-0.05, 0) is 31.5 Å². The number of rotatable bonds is 5. The minimum Gasteiger partial charge on any atom is -0.388 e. The Hall–Kier alpha value is -2.59. The van der Waals surface area contributed by atoms with Gasteiger partial charge in [0.2, 0.25) is 0 Å². The second kappa shape index (κ2) is 7.75. The molecule has 136 valence electrons. The molecule has 1 amide bonds. The molecular formula is C16H14F2N4O2S2. The smallest absolute Gasteiger partial charge is 0.388 e. The van der Waals surface area contributed by atoms with Crippen LogP contribution in [-0.2, 0) is 6.54 Å². The summed E-state index contributed by atoms with van der Waals surface area (Å²) >= 11 is 2.55. The highest BCUT2D eigenvalue weighted by Gasteiger charge is 2.16. The van der Waals surface area contributed by atoms with Crippen molar-refractivity contribution in [2.45, 2.75) is 20.4 Å². The predicted molar refractivity (Wildman–Crippen MR) is 97.0 cm³/mol. The van der Waals surface area contributed by atoms with Crippen LogP contribution in [0.2, 0.25) is 0 Å². The van der Waals surface area contributed by atoms with E-state index in [0.717, 1.165) is 11.8 Å². The number of nitrogens with zero attached hydrogens (tertiary/aromatic N) is 2. The molecule has 6 nitrogen and oxygen atoms in total. The Balaban J connectivity index is 1.66. The lowest BCUT2D eigenvalue weighted by Gasteiger charge is -2.07. The molecule has 0 atom stereocenters. The molecule has 0 radical (unpaired) electrons. The van der Waals surface area contributed by atoms with Crippen LogP contribution in [0, 0.1) is 25.5 Å². The molecule has 0 unspecified atom stereocenters. The molecule has 3 aromatic rings. The van der Waals surface area contributed by atoms with Gasteiger partial charge in [0, 0.05) is 18.0 Å². The monoisotopic (exact) mass is 396 g/mol. The Morgan fingerprint density at radius 1 is 1.19 bits per heavy atom. The van der Waals surface area contributed by atoms with Crippen molar-refractivity contribution in [1.82, 2.24) is 9.97 Å². The van der Waals surface area contributed by atoms with Crippen molar-refractivity contribution in [2.75, 3.05) is 10.6 Å². The largest absolute Gasteiger partial charge is 0.420 e. The van der Waals surface area contributed by atoms with Gasteiger partial charge in [-0.15, -0.1) is 11.3 Å². The van der Waals surface area contributed by atoms with Crippen molar-refractivity contribution in [3.63, 3.8) is 0 Å². The van der Waals surface area contributed by atoms with Crippen molar-refractivity contribution >= 4 is 38.9 Å². The maximum Gasteiger partial charge on any atom is 0.420 e. The van der Waals surface area contributed by atoms with Crippen molar-refractivity contribution < 1.29 is 18.3 Å². The van der Waals surface area contributed by atoms with E-state index in [4.69, 9.17) is 4.74 Å². The van der Waals surface area contributed by atoms with Gasteiger partial charge in [-0.3, -0.25) is 5.32 Å². The van der Waals surface area contributed by atoms with Gasteiger partial charge in [0.1, 0.15) is 11.6 Å². The molecule has 3 rings (SSSR count). The number of aryl methyl sites for hydroxylation is 2. The van der Waals surface area contributed by atoms with Gasteiger partial charge in [0.25, 0.3) is 5.88 Å². The highest BCUT2D eigenvalue weighted by molar-refractivity contribution is 7.16. The first kappa shape index (κ1) is 18.2. The molecular weight excluding hydrogens is 382 g/mol. The van der Waals surface area contributed by atoms with E-state index in [-0.39, 0.29) is 12.4 Å². The number of halogens is 2. The summed E-state index contributed by atoms with van der Waals surface area (Å²) in [6.45, 7) is 3.72. The first-order valence-electron chi connectivity index (χ1n) is 7.46. The quantitative estimate of drug-likeness (QED) is 0.653. The van der Waals surface area contributed by atoms with Gasteiger partial charge in [-0.2, -0.15) is 0 Å². The van der Waals surface area contributed by atoms with Crippen LogP contribution < -0.4 is 15.4 Å². The average Bonchev–Trinajstić information content (AvgIpc) is 3.09. The second-order valence-corrected chi connectivity index (χ2v) is 7.37. The van der Waals surface area contributed by atoms with Crippen LogP contribution in [0.1, 0.15) is 16.3 Å². The van der Waals surface area contributed by atoms with E-state index in [2.05, 4.69) is 20.6 Å². The van der Waals surface area contributed by atoms with E-state index < -0.39 is 17.7 Å². The topological polar surface area (TPSA) is 76.1 Å². The number of ether oxygens (including phenoxy) is 1.